The predicted octanol–water partition coefficient (Wildman–Crippen LogP) is 1.59. The van der Waals surface area contributed by atoms with E-state index in [1.807, 2.05) is 6.07 Å². The van der Waals surface area contributed by atoms with Crippen molar-refractivity contribution in [2.24, 2.45) is 0 Å². The molecule has 4 heteroatoms. The van der Waals surface area contributed by atoms with Crippen LogP contribution in [0, 0.1) is 0 Å². The number of aliphatic hydroxyl groups excluding tert-OH is 1. The van der Waals surface area contributed by atoms with Crippen LogP contribution in [0.15, 0.2) is 12.1 Å². The molecule has 2 rings (SSSR count). The number of ether oxygens (including phenoxy) is 2. The maximum atomic E-state index is 9.38. The Kier molecular flexibility index (Phi) is 4.44. The first-order chi connectivity index (χ1) is 8.80. The Morgan fingerprint density at radius 3 is 2.56 bits per heavy atom. The van der Waals surface area contributed by atoms with Gasteiger partial charge in [0.25, 0.3) is 0 Å². The van der Waals surface area contributed by atoms with Gasteiger partial charge in [0.1, 0.15) is 5.75 Å². The van der Waals surface area contributed by atoms with Crippen LogP contribution in [0.4, 0.5) is 5.69 Å². The normalized spacial score (nSPS) is 15.8. The minimum Gasteiger partial charge on any atom is -0.495 e. The van der Waals surface area contributed by atoms with Crippen molar-refractivity contribution in [3.05, 3.63) is 23.3 Å². The van der Waals surface area contributed by atoms with Gasteiger partial charge in [-0.2, -0.15) is 0 Å². The molecule has 1 aromatic rings. The lowest BCUT2D eigenvalue weighted by molar-refractivity contribution is 0.122. The van der Waals surface area contributed by atoms with Gasteiger partial charge in [-0.3, -0.25) is 0 Å². The molecular weight excluding hydrogens is 230 g/mol. The molecule has 1 aliphatic rings. The van der Waals surface area contributed by atoms with E-state index in [1.165, 1.54) is 5.56 Å². The van der Waals surface area contributed by atoms with Gasteiger partial charge in [0.2, 0.25) is 0 Å². The Hall–Kier alpha value is -1.26. The van der Waals surface area contributed by atoms with Gasteiger partial charge in [-0.15, -0.1) is 0 Å². The number of hydrogen-bond acceptors (Lipinski definition) is 4. The number of anilines is 1. The average molecular weight is 251 g/mol. The summed E-state index contributed by atoms with van der Waals surface area (Å²) in [5.41, 5.74) is 3.24. The molecule has 1 heterocycles. The number of rotatable bonds is 4. The number of morpholine rings is 1. The Labute approximate surface area is 108 Å². The van der Waals surface area contributed by atoms with E-state index in [2.05, 4.69) is 17.9 Å². The molecule has 0 amide bonds. The molecule has 100 valence electrons. The molecule has 0 atom stereocenters. The Morgan fingerprint density at radius 2 is 2.00 bits per heavy atom. The Morgan fingerprint density at radius 1 is 1.28 bits per heavy atom. The van der Waals surface area contributed by atoms with Crippen molar-refractivity contribution in [3.8, 4) is 5.75 Å². The molecule has 1 N–H and O–H groups in total. The summed E-state index contributed by atoms with van der Waals surface area (Å²) in [6.45, 7) is 5.45. The zero-order valence-corrected chi connectivity index (χ0v) is 11.1. The van der Waals surface area contributed by atoms with Crippen molar-refractivity contribution in [1.82, 2.24) is 0 Å². The minimum absolute atomic E-state index is 0.0585. The molecule has 0 bridgehead atoms. The van der Waals surface area contributed by atoms with Gasteiger partial charge in [0.15, 0.2) is 0 Å². The van der Waals surface area contributed by atoms with Crippen LogP contribution in [0.2, 0.25) is 0 Å². The molecule has 0 aromatic heterocycles. The maximum Gasteiger partial charge on any atom is 0.142 e. The zero-order valence-electron chi connectivity index (χ0n) is 11.1. The first kappa shape index (κ1) is 13.2. The van der Waals surface area contributed by atoms with E-state index in [0.29, 0.717) is 0 Å². The summed E-state index contributed by atoms with van der Waals surface area (Å²) in [5.74, 6) is 0.832. The molecule has 1 aromatic carbocycles. The number of benzene rings is 1. The minimum atomic E-state index is 0.0585. The van der Waals surface area contributed by atoms with Gasteiger partial charge in [-0.25, -0.2) is 0 Å². The zero-order chi connectivity index (χ0) is 13.0. The van der Waals surface area contributed by atoms with E-state index >= 15 is 0 Å². The van der Waals surface area contributed by atoms with Gasteiger partial charge in [-0.1, -0.05) is 6.92 Å². The Bertz CT molecular complexity index is 400. The molecule has 1 fully saturated rings. The molecule has 0 spiro atoms. The number of aliphatic hydroxyl groups is 1. The predicted molar refractivity (Wildman–Crippen MR) is 71.3 cm³/mol. The van der Waals surface area contributed by atoms with Crippen LogP contribution in [0.1, 0.15) is 18.1 Å². The third-order valence-corrected chi connectivity index (χ3v) is 3.40. The van der Waals surface area contributed by atoms with Gasteiger partial charge < -0.3 is 19.5 Å². The van der Waals surface area contributed by atoms with E-state index in [9.17, 15) is 5.11 Å². The smallest absolute Gasteiger partial charge is 0.142 e. The fourth-order valence-electron chi connectivity index (χ4n) is 2.34. The van der Waals surface area contributed by atoms with Crippen LogP contribution in [0.25, 0.3) is 0 Å². The van der Waals surface area contributed by atoms with Crippen LogP contribution in [0.3, 0.4) is 0 Å². The third kappa shape index (κ3) is 2.60. The molecule has 0 radical (unpaired) electrons. The lowest BCUT2D eigenvalue weighted by Gasteiger charge is -2.30. The maximum absolute atomic E-state index is 9.38. The third-order valence-electron chi connectivity index (χ3n) is 3.40. The highest BCUT2D eigenvalue weighted by atomic mass is 16.5. The van der Waals surface area contributed by atoms with Gasteiger partial charge in [0.05, 0.1) is 32.6 Å². The molecular formula is C14H21NO3. The molecule has 0 unspecified atom stereocenters. The van der Waals surface area contributed by atoms with Crippen molar-refractivity contribution in [3.63, 3.8) is 0 Å². The Balaban J connectivity index is 2.37. The van der Waals surface area contributed by atoms with E-state index in [4.69, 9.17) is 9.47 Å². The van der Waals surface area contributed by atoms with Crippen LogP contribution < -0.4 is 9.64 Å². The van der Waals surface area contributed by atoms with E-state index in [-0.39, 0.29) is 6.61 Å². The van der Waals surface area contributed by atoms with Gasteiger partial charge in [-0.05, 0) is 29.7 Å². The first-order valence-electron chi connectivity index (χ1n) is 6.43. The van der Waals surface area contributed by atoms with Crippen LogP contribution in [-0.2, 0) is 17.8 Å². The standard InChI is InChI=1S/C14H21NO3/c1-3-11-8-13(15-4-6-18-7-5-15)14(17-2)9-12(11)10-16/h8-9,16H,3-7,10H2,1-2H3. The second-order valence-corrected chi connectivity index (χ2v) is 4.40. The second-order valence-electron chi connectivity index (χ2n) is 4.40. The molecule has 0 aliphatic carbocycles. The summed E-state index contributed by atoms with van der Waals surface area (Å²) >= 11 is 0. The van der Waals surface area contributed by atoms with Crippen molar-refractivity contribution in [2.75, 3.05) is 38.3 Å². The lowest BCUT2D eigenvalue weighted by Crippen LogP contribution is -2.36. The summed E-state index contributed by atoms with van der Waals surface area (Å²) in [5, 5.41) is 9.38. The van der Waals surface area contributed by atoms with Crippen LogP contribution in [0.5, 0.6) is 5.75 Å². The molecule has 18 heavy (non-hydrogen) atoms. The fourth-order valence-corrected chi connectivity index (χ4v) is 2.34. The van der Waals surface area contributed by atoms with E-state index in [0.717, 1.165) is 49.7 Å². The summed E-state index contributed by atoms with van der Waals surface area (Å²) in [4.78, 5) is 2.28. The SMILES string of the molecule is CCc1cc(N2CCOCC2)c(OC)cc1CO. The van der Waals surface area contributed by atoms with Crippen molar-refractivity contribution in [2.45, 2.75) is 20.0 Å². The fraction of sp³-hybridized carbons (Fsp3) is 0.571. The number of methoxy groups -OCH3 is 1. The largest absolute Gasteiger partial charge is 0.495 e. The summed E-state index contributed by atoms with van der Waals surface area (Å²) in [7, 11) is 1.67. The topological polar surface area (TPSA) is 41.9 Å². The van der Waals surface area contributed by atoms with Crippen molar-refractivity contribution in [1.29, 1.82) is 0 Å². The van der Waals surface area contributed by atoms with Crippen molar-refractivity contribution < 1.29 is 14.6 Å². The highest BCUT2D eigenvalue weighted by molar-refractivity contribution is 5.62. The van der Waals surface area contributed by atoms with Crippen LogP contribution in [-0.4, -0.2) is 38.5 Å². The average Bonchev–Trinajstić information content (AvgIpc) is 2.46. The highest BCUT2D eigenvalue weighted by Crippen LogP contribution is 2.32. The molecule has 1 aliphatic heterocycles. The lowest BCUT2D eigenvalue weighted by atomic mass is 10.0. The van der Waals surface area contributed by atoms with E-state index in [1.54, 1.807) is 7.11 Å². The first-order valence-corrected chi connectivity index (χ1v) is 6.43. The highest BCUT2D eigenvalue weighted by Gasteiger charge is 2.17. The van der Waals surface area contributed by atoms with Gasteiger partial charge >= 0.3 is 0 Å². The van der Waals surface area contributed by atoms with Gasteiger partial charge in [0, 0.05) is 13.1 Å². The molecule has 1 saturated heterocycles. The number of hydrogen-bond donors (Lipinski definition) is 1. The summed E-state index contributed by atoms with van der Waals surface area (Å²) < 4.78 is 10.8. The summed E-state index contributed by atoms with van der Waals surface area (Å²) in [6, 6.07) is 4.08. The molecule has 4 nitrogen and oxygen atoms in total. The molecule has 0 saturated carbocycles. The number of nitrogens with zero attached hydrogens (tertiary/aromatic N) is 1. The van der Waals surface area contributed by atoms with E-state index < -0.39 is 0 Å². The summed E-state index contributed by atoms with van der Waals surface area (Å²) in [6.07, 6.45) is 0.914. The second kappa shape index (κ2) is 6.07. The number of aryl methyl sites for hydroxylation is 1. The monoisotopic (exact) mass is 251 g/mol. The van der Waals surface area contributed by atoms with Crippen molar-refractivity contribution >= 4 is 5.69 Å². The quantitative estimate of drug-likeness (QED) is 0.882. The van der Waals surface area contributed by atoms with Crippen LogP contribution >= 0.6 is 0 Å².